The average molecular weight is 381 g/mol. The van der Waals surface area contributed by atoms with Crippen molar-refractivity contribution in [2.45, 2.75) is 0 Å². The maximum Gasteiger partial charge on any atom is 0.269 e. The summed E-state index contributed by atoms with van der Waals surface area (Å²) in [5.74, 6) is -1.87. The third-order valence-electron chi connectivity index (χ3n) is 2.81. The van der Waals surface area contributed by atoms with E-state index in [4.69, 9.17) is 0 Å². The summed E-state index contributed by atoms with van der Waals surface area (Å²) in [6.07, 6.45) is 0. The molecule has 2 rings (SSSR count). The molecule has 2 aromatic rings. The van der Waals surface area contributed by atoms with E-state index < -0.39 is 32.8 Å². The van der Waals surface area contributed by atoms with E-state index in [2.05, 4.69) is 21.2 Å². The smallest absolute Gasteiger partial charge is 0.269 e. The molecule has 0 saturated carbocycles. The summed E-state index contributed by atoms with van der Waals surface area (Å²) in [6, 6.07) is 7.09. The third-order valence-corrected chi connectivity index (χ3v) is 3.27. The monoisotopic (exact) mass is 380 g/mol. The normalized spacial score (nSPS) is 10.1. The highest BCUT2D eigenvalue weighted by atomic mass is 79.9. The number of benzene rings is 2. The molecule has 0 aromatic heterocycles. The first-order valence-electron chi connectivity index (χ1n) is 6.00. The van der Waals surface area contributed by atoms with Crippen LogP contribution in [0.15, 0.2) is 40.9 Å². The number of carbonyl (C=O) groups is 1. The topological polar surface area (TPSA) is 138 Å². The van der Waals surface area contributed by atoms with Gasteiger partial charge in [0.25, 0.3) is 17.3 Å². The second-order valence-corrected chi connectivity index (χ2v) is 5.23. The van der Waals surface area contributed by atoms with Gasteiger partial charge in [0, 0.05) is 33.9 Å². The zero-order chi connectivity index (χ0) is 17.1. The molecule has 1 amide bonds. The highest BCUT2D eigenvalue weighted by Crippen LogP contribution is 2.31. The fraction of sp³-hybridized carbons (Fsp3) is 0. The van der Waals surface area contributed by atoms with E-state index in [1.807, 2.05) is 0 Å². The molecule has 0 radical (unpaired) electrons. The molecule has 118 valence electrons. The zero-order valence-electron chi connectivity index (χ0n) is 11.2. The number of amides is 1. The van der Waals surface area contributed by atoms with Gasteiger partial charge in [-0.15, -0.1) is 0 Å². The number of nitro groups is 2. The first kappa shape index (κ1) is 16.4. The van der Waals surface area contributed by atoms with E-state index in [-0.39, 0.29) is 15.8 Å². The van der Waals surface area contributed by atoms with Gasteiger partial charge in [0.1, 0.15) is 0 Å². The van der Waals surface area contributed by atoms with Crippen LogP contribution in [0.3, 0.4) is 0 Å². The second kappa shape index (κ2) is 6.40. The van der Waals surface area contributed by atoms with Crippen LogP contribution in [0.2, 0.25) is 0 Å². The average Bonchev–Trinajstić information content (AvgIpc) is 2.49. The lowest BCUT2D eigenvalue weighted by atomic mass is 10.1. The van der Waals surface area contributed by atoms with Crippen molar-refractivity contribution in [2.24, 2.45) is 0 Å². The summed E-state index contributed by atoms with van der Waals surface area (Å²) in [6.45, 7) is 0. The summed E-state index contributed by atoms with van der Waals surface area (Å²) in [5, 5.41) is 35.6. The number of halogens is 1. The molecule has 10 heteroatoms. The Labute approximate surface area is 137 Å². The number of nitrogens with one attached hydrogen (secondary N) is 1. The van der Waals surface area contributed by atoms with Gasteiger partial charge in [-0.05, 0) is 23.9 Å². The van der Waals surface area contributed by atoms with Gasteiger partial charge in [-0.3, -0.25) is 25.0 Å². The Bertz CT molecular complexity index is 806. The minimum absolute atomic E-state index is 0.161. The van der Waals surface area contributed by atoms with Crippen LogP contribution < -0.4 is 10.4 Å². The highest BCUT2D eigenvalue weighted by molar-refractivity contribution is 9.10. The van der Waals surface area contributed by atoms with E-state index in [0.29, 0.717) is 0 Å². The van der Waals surface area contributed by atoms with Crippen LogP contribution in [-0.4, -0.2) is 15.8 Å². The van der Waals surface area contributed by atoms with E-state index in [9.17, 15) is 30.1 Å². The molecule has 9 nitrogen and oxygen atoms in total. The molecule has 0 fully saturated rings. The molecule has 0 saturated heterocycles. The maximum absolute atomic E-state index is 12.1. The Kier molecular flexibility index (Phi) is 4.55. The van der Waals surface area contributed by atoms with Crippen molar-refractivity contribution in [3.63, 3.8) is 0 Å². The van der Waals surface area contributed by atoms with E-state index >= 15 is 0 Å². The van der Waals surface area contributed by atoms with Gasteiger partial charge in [-0.2, -0.15) is 0 Å². The van der Waals surface area contributed by atoms with Crippen LogP contribution in [0.25, 0.3) is 0 Å². The Hall–Kier alpha value is -3.01. The summed E-state index contributed by atoms with van der Waals surface area (Å²) in [4.78, 5) is 32.0. The molecule has 1 N–H and O–H groups in total. The van der Waals surface area contributed by atoms with Crippen LogP contribution in [0, 0.1) is 20.2 Å². The van der Waals surface area contributed by atoms with Gasteiger partial charge in [-0.25, -0.2) is 0 Å². The molecule has 23 heavy (non-hydrogen) atoms. The molecule has 0 aliphatic carbocycles. The van der Waals surface area contributed by atoms with Gasteiger partial charge in [0.2, 0.25) is 0 Å². The van der Waals surface area contributed by atoms with Crippen molar-refractivity contribution in [2.75, 3.05) is 5.32 Å². The number of nitro benzene ring substituents is 2. The van der Waals surface area contributed by atoms with Gasteiger partial charge >= 0.3 is 0 Å². The minimum atomic E-state index is -1.02. The summed E-state index contributed by atoms with van der Waals surface area (Å²) in [5.41, 5.74) is -1.09. The Morgan fingerprint density at radius 3 is 2.17 bits per heavy atom. The molecule has 0 aliphatic rings. The van der Waals surface area contributed by atoms with E-state index in [1.165, 1.54) is 24.3 Å². The van der Waals surface area contributed by atoms with Crippen molar-refractivity contribution in [1.29, 1.82) is 0 Å². The molecule has 2 aromatic carbocycles. The zero-order valence-corrected chi connectivity index (χ0v) is 12.8. The van der Waals surface area contributed by atoms with Gasteiger partial charge in [-0.1, -0.05) is 15.9 Å². The van der Waals surface area contributed by atoms with Gasteiger partial charge in [0.15, 0.2) is 0 Å². The number of hydrogen-bond acceptors (Lipinski definition) is 6. The van der Waals surface area contributed by atoms with Crippen LogP contribution in [-0.2, 0) is 0 Å². The number of carbonyl (C=O) groups excluding carboxylic acids is 1. The number of anilines is 1. The minimum Gasteiger partial charge on any atom is -0.867 e. The maximum atomic E-state index is 12.1. The summed E-state index contributed by atoms with van der Waals surface area (Å²) in [7, 11) is 0. The first-order chi connectivity index (χ1) is 10.8. The largest absolute Gasteiger partial charge is 0.867 e. The predicted octanol–water partition coefficient (Wildman–Crippen LogP) is 2.59. The van der Waals surface area contributed by atoms with Crippen LogP contribution in [0.4, 0.5) is 17.1 Å². The van der Waals surface area contributed by atoms with Crippen molar-refractivity contribution >= 4 is 38.9 Å². The summed E-state index contributed by atoms with van der Waals surface area (Å²) < 4.78 is 0.206. The predicted molar refractivity (Wildman–Crippen MR) is 81.3 cm³/mol. The first-order valence-corrected chi connectivity index (χ1v) is 6.79. The SMILES string of the molecule is O=C(Nc1ccc([N+](=O)[O-])cc1)c1cc(Br)cc([N+](=O)[O-])c1[O-]. The van der Waals surface area contributed by atoms with Crippen molar-refractivity contribution in [3.8, 4) is 5.75 Å². The quantitative estimate of drug-likeness (QED) is 0.638. The van der Waals surface area contributed by atoms with Crippen LogP contribution in [0.5, 0.6) is 5.75 Å². The molecule has 0 bridgehead atoms. The second-order valence-electron chi connectivity index (χ2n) is 4.32. The van der Waals surface area contributed by atoms with Crippen molar-refractivity contribution in [1.82, 2.24) is 0 Å². The molecule has 0 heterocycles. The molecular formula is C13H7BrN3O6-. The fourth-order valence-corrected chi connectivity index (χ4v) is 2.19. The number of non-ortho nitro benzene ring substituents is 1. The van der Waals surface area contributed by atoms with E-state index in [0.717, 1.165) is 12.1 Å². The molecule has 0 aliphatic heterocycles. The fourth-order valence-electron chi connectivity index (χ4n) is 1.75. The molecule has 0 spiro atoms. The lowest BCUT2D eigenvalue weighted by Gasteiger charge is -2.14. The molecular weight excluding hydrogens is 374 g/mol. The van der Waals surface area contributed by atoms with Crippen LogP contribution in [0.1, 0.15) is 10.4 Å². The Morgan fingerprint density at radius 2 is 1.65 bits per heavy atom. The number of nitrogens with zero attached hydrogens (tertiary/aromatic N) is 2. The van der Waals surface area contributed by atoms with Crippen molar-refractivity contribution in [3.05, 3.63) is 66.7 Å². The summed E-state index contributed by atoms with van der Waals surface area (Å²) >= 11 is 3.00. The van der Waals surface area contributed by atoms with Crippen molar-refractivity contribution < 1.29 is 19.7 Å². The lowest BCUT2D eigenvalue weighted by Crippen LogP contribution is -2.15. The highest BCUT2D eigenvalue weighted by Gasteiger charge is 2.17. The number of hydrogen-bond donors (Lipinski definition) is 1. The van der Waals surface area contributed by atoms with Gasteiger partial charge in [0.05, 0.1) is 9.85 Å². The Morgan fingerprint density at radius 1 is 1.04 bits per heavy atom. The standard InChI is InChI=1S/C13H8BrN3O6/c14-7-5-10(12(18)11(6-7)17(22)23)13(19)15-8-1-3-9(4-2-8)16(20)21/h1-6,18H,(H,15,19)/p-1. The number of rotatable bonds is 4. The molecule has 0 atom stereocenters. The molecule has 0 unspecified atom stereocenters. The van der Waals surface area contributed by atoms with Gasteiger partial charge < -0.3 is 10.4 Å². The lowest BCUT2D eigenvalue weighted by molar-refractivity contribution is -0.398. The van der Waals surface area contributed by atoms with E-state index in [1.54, 1.807) is 0 Å². The third kappa shape index (κ3) is 3.61. The van der Waals surface area contributed by atoms with Crippen LogP contribution >= 0.6 is 15.9 Å². The Balaban J connectivity index is 2.30.